The van der Waals surface area contributed by atoms with E-state index in [-0.39, 0.29) is 30.0 Å². The highest BCUT2D eigenvalue weighted by Crippen LogP contribution is 2.39. The summed E-state index contributed by atoms with van der Waals surface area (Å²) in [7, 11) is -1.59. The van der Waals surface area contributed by atoms with Gasteiger partial charge < -0.3 is 10.2 Å². The van der Waals surface area contributed by atoms with Gasteiger partial charge in [-0.3, -0.25) is 19.4 Å². The number of nitrogens with one attached hydrogen (secondary N) is 1. The van der Waals surface area contributed by atoms with Gasteiger partial charge in [-0.1, -0.05) is 25.7 Å². The fourth-order valence-electron chi connectivity index (χ4n) is 5.64. The second kappa shape index (κ2) is 8.11. The van der Waals surface area contributed by atoms with E-state index in [2.05, 4.69) is 10.2 Å². The molecule has 0 bridgehead atoms. The van der Waals surface area contributed by atoms with Gasteiger partial charge in [0.15, 0.2) is 9.84 Å². The lowest BCUT2D eigenvalue weighted by molar-refractivity contribution is -0.137. The summed E-state index contributed by atoms with van der Waals surface area (Å²) >= 11 is 0. The topological polar surface area (TPSA) is 107 Å². The zero-order valence-electron chi connectivity index (χ0n) is 17.6. The molecule has 10 heteroatoms. The predicted octanol–water partition coefficient (Wildman–Crippen LogP) is 0.351. The SMILES string of the molecule is CN1C(=O)N(CC(=O)NC2CS(=O)(=O)CC2N2CCCCC2)C(=O)C12CCCCC2. The highest BCUT2D eigenvalue weighted by atomic mass is 32.2. The number of carbonyl (C=O) groups is 3. The molecule has 9 nitrogen and oxygen atoms in total. The third-order valence-electron chi connectivity index (χ3n) is 7.31. The zero-order valence-corrected chi connectivity index (χ0v) is 18.5. The number of piperidine rings is 1. The van der Waals surface area contributed by atoms with E-state index >= 15 is 0 Å². The minimum Gasteiger partial charge on any atom is -0.349 e. The lowest BCUT2D eigenvalue weighted by atomic mass is 9.81. The number of carbonyl (C=O) groups excluding carboxylic acids is 3. The molecule has 0 aromatic rings. The third-order valence-corrected chi connectivity index (χ3v) is 9.03. The number of nitrogens with zero attached hydrogens (tertiary/aromatic N) is 3. The van der Waals surface area contributed by atoms with Crippen LogP contribution in [-0.4, -0.2) is 96.8 Å². The number of imide groups is 1. The normalized spacial score (nSPS) is 31.5. The summed E-state index contributed by atoms with van der Waals surface area (Å²) in [4.78, 5) is 43.3. The van der Waals surface area contributed by atoms with Gasteiger partial charge in [0.25, 0.3) is 5.91 Å². The summed E-state index contributed by atoms with van der Waals surface area (Å²) in [5, 5.41) is 2.83. The lowest BCUT2D eigenvalue weighted by Gasteiger charge is -2.36. The Kier molecular flexibility index (Phi) is 5.82. The van der Waals surface area contributed by atoms with Crippen LogP contribution in [0.1, 0.15) is 51.4 Å². The van der Waals surface area contributed by atoms with Crippen molar-refractivity contribution < 1.29 is 22.8 Å². The second-order valence-electron chi connectivity index (χ2n) is 9.24. The summed E-state index contributed by atoms with van der Waals surface area (Å²) < 4.78 is 24.5. The zero-order chi connectivity index (χ0) is 21.5. The van der Waals surface area contributed by atoms with Crippen LogP contribution in [0.25, 0.3) is 0 Å². The fraction of sp³-hybridized carbons (Fsp3) is 0.850. The highest BCUT2D eigenvalue weighted by Gasteiger charge is 2.56. The quantitative estimate of drug-likeness (QED) is 0.632. The van der Waals surface area contributed by atoms with Crippen molar-refractivity contribution in [1.29, 1.82) is 0 Å². The molecular weight excluding hydrogens is 408 g/mol. The van der Waals surface area contributed by atoms with Gasteiger partial charge in [-0.2, -0.15) is 0 Å². The van der Waals surface area contributed by atoms with Gasteiger partial charge in [-0.05, 0) is 38.8 Å². The minimum atomic E-state index is -3.23. The van der Waals surface area contributed by atoms with Crippen molar-refractivity contribution in [3.8, 4) is 0 Å². The minimum absolute atomic E-state index is 0.0470. The average Bonchev–Trinajstić information content (AvgIpc) is 3.12. The lowest BCUT2D eigenvalue weighted by Crippen LogP contribution is -2.54. The molecule has 168 valence electrons. The molecule has 4 aliphatic rings. The van der Waals surface area contributed by atoms with E-state index < -0.39 is 33.4 Å². The number of likely N-dealkylation sites (N-methyl/N-ethyl adjacent to an activating group) is 1. The van der Waals surface area contributed by atoms with Gasteiger partial charge in [0.05, 0.1) is 17.5 Å². The summed E-state index contributed by atoms with van der Waals surface area (Å²) in [5.41, 5.74) is -0.817. The number of sulfone groups is 1. The molecule has 0 aromatic carbocycles. The molecule has 4 rings (SSSR count). The Balaban J connectivity index is 1.43. The Morgan fingerprint density at radius 3 is 2.33 bits per heavy atom. The number of rotatable bonds is 4. The summed E-state index contributed by atoms with van der Waals surface area (Å²) in [6.07, 6.45) is 7.29. The van der Waals surface area contributed by atoms with Crippen LogP contribution in [0, 0.1) is 0 Å². The molecule has 3 aliphatic heterocycles. The van der Waals surface area contributed by atoms with E-state index in [4.69, 9.17) is 0 Å². The van der Waals surface area contributed by atoms with Crippen LogP contribution >= 0.6 is 0 Å². The predicted molar refractivity (Wildman–Crippen MR) is 110 cm³/mol. The first-order valence-corrected chi connectivity index (χ1v) is 12.9. The molecule has 4 fully saturated rings. The molecule has 1 aliphatic carbocycles. The van der Waals surface area contributed by atoms with Crippen molar-refractivity contribution in [2.24, 2.45) is 0 Å². The Morgan fingerprint density at radius 2 is 1.67 bits per heavy atom. The number of urea groups is 1. The van der Waals surface area contributed by atoms with Crippen LogP contribution in [-0.2, 0) is 19.4 Å². The van der Waals surface area contributed by atoms with Crippen LogP contribution in [0.4, 0.5) is 4.79 Å². The maximum Gasteiger partial charge on any atom is 0.327 e. The molecule has 2 atom stereocenters. The Hall–Kier alpha value is -1.68. The standard InChI is InChI=1S/C20H32N4O5S/c1-22-19(27)24(18(26)20(22)8-4-2-5-9-20)12-17(25)21-15-13-30(28,29)14-16(15)23-10-6-3-7-11-23/h15-16H,2-14H2,1H3,(H,21,25). The molecule has 1 saturated carbocycles. The van der Waals surface area contributed by atoms with Crippen LogP contribution in [0.5, 0.6) is 0 Å². The molecular formula is C20H32N4O5S. The van der Waals surface area contributed by atoms with Gasteiger partial charge in [0, 0.05) is 13.1 Å². The molecule has 0 aromatic heterocycles. The van der Waals surface area contributed by atoms with Crippen molar-refractivity contribution in [3.63, 3.8) is 0 Å². The molecule has 2 unspecified atom stereocenters. The van der Waals surface area contributed by atoms with Gasteiger partial charge >= 0.3 is 6.03 Å². The van der Waals surface area contributed by atoms with Crippen LogP contribution in [0.2, 0.25) is 0 Å². The van der Waals surface area contributed by atoms with Crippen molar-refractivity contribution in [2.75, 3.05) is 38.2 Å². The van der Waals surface area contributed by atoms with E-state index in [1.807, 2.05) is 0 Å². The van der Waals surface area contributed by atoms with Crippen molar-refractivity contribution in [2.45, 2.75) is 69.0 Å². The second-order valence-corrected chi connectivity index (χ2v) is 11.4. The van der Waals surface area contributed by atoms with Crippen molar-refractivity contribution in [3.05, 3.63) is 0 Å². The van der Waals surface area contributed by atoms with Crippen LogP contribution in [0.15, 0.2) is 0 Å². The number of likely N-dealkylation sites (tertiary alicyclic amines) is 1. The molecule has 30 heavy (non-hydrogen) atoms. The van der Waals surface area contributed by atoms with Gasteiger partial charge in [0.1, 0.15) is 12.1 Å². The van der Waals surface area contributed by atoms with E-state index in [0.29, 0.717) is 12.8 Å². The highest BCUT2D eigenvalue weighted by molar-refractivity contribution is 7.91. The first-order chi connectivity index (χ1) is 14.2. The maximum absolute atomic E-state index is 13.1. The van der Waals surface area contributed by atoms with Crippen LogP contribution < -0.4 is 5.32 Å². The summed E-state index contributed by atoms with van der Waals surface area (Å²) in [6.45, 7) is 1.32. The monoisotopic (exact) mass is 440 g/mol. The van der Waals surface area contributed by atoms with Gasteiger partial charge in [-0.15, -0.1) is 0 Å². The van der Waals surface area contributed by atoms with E-state index in [9.17, 15) is 22.8 Å². The Labute approximate surface area is 178 Å². The fourth-order valence-corrected chi connectivity index (χ4v) is 7.60. The van der Waals surface area contributed by atoms with Gasteiger partial charge in [0.2, 0.25) is 5.91 Å². The molecule has 1 spiro atoms. The largest absolute Gasteiger partial charge is 0.349 e. The van der Waals surface area contributed by atoms with Crippen LogP contribution in [0.3, 0.4) is 0 Å². The smallest absolute Gasteiger partial charge is 0.327 e. The average molecular weight is 441 g/mol. The number of hydrogen-bond donors (Lipinski definition) is 1. The molecule has 0 radical (unpaired) electrons. The van der Waals surface area contributed by atoms with Crippen molar-refractivity contribution in [1.82, 2.24) is 20.0 Å². The summed E-state index contributed by atoms with van der Waals surface area (Å²) in [6, 6.07) is -1.19. The number of hydrogen-bond acceptors (Lipinski definition) is 6. The molecule has 3 saturated heterocycles. The molecule has 1 N–H and O–H groups in total. The molecule has 3 heterocycles. The summed E-state index contributed by atoms with van der Waals surface area (Å²) in [5.74, 6) is -0.810. The van der Waals surface area contributed by atoms with Gasteiger partial charge in [-0.25, -0.2) is 13.2 Å². The maximum atomic E-state index is 13.1. The van der Waals surface area contributed by atoms with Crippen molar-refractivity contribution >= 4 is 27.7 Å². The Morgan fingerprint density at radius 1 is 1.03 bits per heavy atom. The Bertz CT molecular complexity index is 817. The van der Waals surface area contributed by atoms with E-state index in [1.54, 1.807) is 7.05 Å². The third kappa shape index (κ3) is 3.84. The first-order valence-electron chi connectivity index (χ1n) is 11.1. The first kappa shape index (κ1) is 21.5. The molecule has 4 amide bonds. The van der Waals surface area contributed by atoms with E-state index in [1.165, 1.54) is 4.90 Å². The van der Waals surface area contributed by atoms with E-state index in [0.717, 1.165) is 56.5 Å². The number of amides is 4.